The average molecular weight is 454 g/mol. The van der Waals surface area contributed by atoms with E-state index >= 15 is 0 Å². The third kappa shape index (κ3) is 6.14. The summed E-state index contributed by atoms with van der Waals surface area (Å²) >= 11 is 0. The van der Waals surface area contributed by atoms with Crippen molar-refractivity contribution in [1.82, 2.24) is 24.2 Å². The molecule has 1 fully saturated rings. The molecule has 0 saturated carbocycles. The van der Waals surface area contributed by atoms with Gasteiger partial charge >= 0.3 is 0 Å². The smallest absolute Gasteiger partial charge is 0.279 e. The minimum absolute atomic E-state index is 0.195. The summed E-state index contributed by atoms with van der Waals surface area (Å²) in [5.41, 5.74) is 0.400. The van der Waals surface area contributed by atoms with Gasteiger partial charge in [0.2, 0.25) is 10.0 Å². The lowest BCUT2D eigenvalue weighted by atomic mass is 9.98. The van der Waals surface area contributed by atoms with Crippen LogP contribution in [0.5, 0.6) is 0 Å². The number of anilines is 1. The molecule has 2 aromatic heterocycles. The Labute approximate surface area is 179 Å². The molecule has 2 aromatic rings. The van der Waals surface area contributed by atoms with E-state index in [4.69, 9.17) is 5.41 Å². The van der Waals surface area contributed by atoms with E-state index in [1.807, 2.05) is 6.07 Å². The molecule has 0 spiro atoms. The molecule has 0 amide bonds. The van der Waals surface area contributed by atoms with Gasteiger partial charge in [-0.25, -0.2) is 36.5 Å². The predicted molar refractivity (Wildman–Crippen MR) is 115 cm³/mol. The van der Waals surface area contributed by atoms with Crippen LogP contribution < -0.4 is 4.90 Å². The topological polar surface area (TPSA) is 119 Å². The van der Waals surface area contributed by atoms with Crippen molar-refractivity contribution in [2.45, 2.75) is 19.3 Å². The van der Waals surface area contributed by atoms with Crippen LogP contribution in [0.1, 0.15) is 18.7 Å². The quantitative estimate of drug-likeness (QED) is 0.592. The number of H-pyrrole nitrogens is 1. The fraction of sp³-hybridized carbons (Fsp3) is 0.474. The number of halogens is 2. The molecule has 168 valence electrons. The molecule has 0 radical (unpaired) electrons. The van der Waals surface area contributed by atoms with E-state index in [1.54, 1.807) is 7.05 Å². The number of allylic oxidation sites excluding steroid dienone is 1. The van der Waals surface area contributed by atoms with Crippen molar-refractivity contribution in [3.63, 3.8) is 0 Å². The van der Waals surface area contributed by atoms with Gasteiger partial charge in [-0.15, -0.1) is 0 Å². The van der Waals surface area contributed by atoms with Gasteiger partial charge in [-0.1, -0.05) is 0 Å². The van der Waals surface area contributed by atoms with Crippen LogP contribution in [0.15, 0.2) is 24.7 Å². The summed E-state index contributed by atoms with van der Waals surface area (Å²) in [6.45, 7) is 1.95. The van der Waals surface area contributed by atoms with E-state index in [-0.39, 0.29) is 5.92 Å². The van der Waals surface area contributed by atoms with Crippen molar-refractivity contribution in [2.24, 2.45) is 5.92 Å². The Bertz CT molecular complexity index is 1060. The first kappa shape index (κ1) is 22.9. The Hall–Kier alpha value is -2.73. The highest BCUT2D eigenvalue weighted by molar-refractivity contribution is 7.88. The molecule has 0 aliphatic carbocycles. The van der Waals surface area contributed by atoms with Crippen LogP contribution in [0.4, 0.5) is 14.6 Å². The van der Waals surface area contributed by atoms with E-state index in [2.05, 4.69) is 24.8 Å². The second-order valence-corrected chi connectivity index (χ2v) is 9.62. The summed E-state index contributed by atoms with van der Waals surface area (Å²) in [5, 5.41) is 7.16. The minimum Gasteiger partial charge on any atom is -0.356 e. The molecule has 0 aromatic carbocycles. The molecule has 0 bridgehead atoms. The molecule has 1 unspecified atom stereocenters. The normalized spacial score (nSPS) is 17.7. The average Bonchev–Trinajstić information content (AvgIpc) is 3.20. The summed E-state index contributed by atoms with van der Waals surface area (Å²) in [7, 11) is -1.63. The molecule has 3 rings (SSSR count). The number of hydrogen-bond donors (Lipinski definition) is 2. The third-order valence-electron chi connectivity index (χ3n) is 5.10. The maximum absolute atomic E-state index is 12.4. The number of nitrogens with zero attached hydrogens (tertiary/aromatic N) is 5. The van der Waals surface area contributed by atoms with Gasteiger partial charge in [0.1, 0.15) is 18.0 Å². The number of aromatic amines is 1. The zero-order chi connectivity index (χ0) is 22.6. The Balaban J connectivity index is 1.71. The second-order valence-electron chi connectivity index (χ2n) is 7.53. The van der Waals surface area contributed by atoms with Gasteiger partial charge in [0.15, 0.2) is 0 Å². The lowest BCUT2D eigenvalue weighted by molar-refractivity contribution is 0.226. The van der Waals surface area contributed by atoms with Crippen LogP contribution in [0.2, 0.25) is 0 Å². The number of aromatic nitrogens is 4. The van der Waals surface area contributed by atoms with Gasteiger partial charge in [-0.3, -0.25) is 5.41 Å². The van der Waals surface area contributed by atoms with Gasteiger partial charge in [0, 0.05) is 32.7 Å². The largest absolute Gasteiger partial charge is 0.356 e. The van der Waals surface area contributed by atoms with Crippen molar-refractivity contribution >= 4 is 27.6 Å². The highest BCUT2D eigenvalue weighted by atomic mass is 32.2. The molecule has 31 heavy (non-hydrogen) atoms. The Morgan fingerprint density at radius 3 is 2.90 bits per heavy atom. The molecule has 9 nitrogen and oxygen atoms in total. The zero-order valence-corrected chi connectivity index (χ0v) is 18.1. The van der Waals surface area contributed by atoms with E-state index in [0.717, 1.165) is 31.3 Å². The SMILES string of the molecule is CN(CC1CCCN(c2cc(-c3cnc(/C=C\C(=N)C(F)F)[nH]3)ncn2)C1)S(C)(=O)=O. The number of nitrogens with one attached hydrogen (secondary N) is 2. The molecule has 1 saturated heterocycles. The predicted octanol–water partition coefficient (Wildman–Crippen LogP) is 2.27. The van der Waals surface area contributed by atoms with Crippen LogP contribution in [-0.2, 0) is 10.0 Å². The van der Waals surface area contributed by atoms with E-state index in [0.29, 0.717) is 30.3 Å². The summed E-state index contributed by atoms with van der Waals surface area (Å²) in [5.74, 6) is 1.26. The van der Waals surface area contributed by atoms with Crippen LogP contribution in [0.3, 0.4) is 0 Å². The third-order valence-corrected chi connectivity index (χ3v) is 6.39. The first-order valence-corrected chi connectivity index (χ1v) is 11.6. The van der Waals surface area contributed by atoms with E-state index < -0.39 is 22.2 Å². The Morgan fingerprint density at radius 2 is 2.19 bits per heavy atom. The number of sulfonamides is 1. The van der Waals surface area contributed by atoms with E-state index in [1.165, 1.54) is 29.2 Å². The number of rotatable bonds is 8. The Morgan fingerprint density at radius 1 is 1.42 bits per heavy atom. The summed E-state index contributed by atoms with van der Waals surface area (Å²) < 4.78 is 49.6. The minimum atomic E-state index is -3.22. The number of alkyl halides is 2. The molecular weight excluding hydrogens is 428 g/mol. The first-order valence-electron chi connectivity index (χ1n) is 9.72. The van der Waals surface area contributed by atoms with Crippen molar-refractivity contribution < 1.29 is 17.2 Å². The number of hydrogen-bond acceptors (Lipinski definition) is 7. The van der Waals surface area contributed by atoms with Gasteiger partial charge in [-0.05, 0) is 30.9 Å². The number of imidazole rings is 1. The van der Waals surface area contributed by atoms with Crippen LogP contribution >= 0.6 is 0 Å². The van der Waals surface area contributed by atoms with Crippen molar-refractivity contribution in [3.05, 3.63) is 30.5 Å². The van der Waals surface area contributed by atoms with Crippen LogP contribution in [0.25, 0.3) is 17.5 Å². The molecule has 1 aliphatic heterocycles. The second kappa shape index (κ2) is 9.60. The standard InChI is InChI=1S/C19H25F2N7O2S/c1-27(31(2,29)30)10-13-4-3-7-28(11-13)18-8-15(24-12-25-18)16-9-23-17(26-16)6-5-14(22)19(20)21/h5-6,8-9,12-13,19,22H,3-4,7,10-11H2,1-2H3,(H,23,26)/b6-5-,22-14?. The lowest BCUT2D eigenvalue weighted by Gasteiger charge is -2.35. The molecule has 2 N–H and O–H groups in total. The monoisotopic (exact) mass is 453 g/mol. The van der Waals surface area contributed by atoms with Crippen LogP contribution in [0, 0.1) is 11.3 Å². The first-order chi connectivity index (χ1) is 14.6. The maximum Gasteiger partial charge on any atom is 0.279 e. The fourth-order valence-corrected chi connectivity index (χ4v) is 3.86. The molecular formula is C19H25F2N7O2S. The van der Waals surface area contributed by atoms with Gasteiger partial charge < -0.3 is 9.88 Å². The summed E-state index contributed by atoms with van der Waals surface area (Å²) in [6, 6.07) is 1.81. The molecule has 12 heteroatoms. The summed E-state index contributed by atoms with van der Waals surface area (Å²) in [4.78, 5) is 17.8. The summed E-state index contributed by atoms with van der Waals surface area (Å²) in [6.07, 6.45) is 5.54. The van der Waals surface area contributed by atoms with Crippen molar-refractivity contribution in [2.75, 3.05) is 37.8 Å². The van der Waals surface area contributed by atoms with Gasteiger partial charge in [-0.2, -0.15) is 0 Å². The van der Waals surface area contributed by atoms with Crippen molar-refractivity contribution in [3.8, 4) is 11.4 Å². The van der Waals surface area contributed by atoms with Gasteiger partial charge in [0.05, 0.1) is 29.6 Å². The van der Waals surface area contributed by atoms with Crippen molar-refractivity contribution in [1.29, 1.82) is 5.41 Å². The van der Waals surface area contributed by atoms with E-state index in [9.17, 15) is 17.2 Å². The molecule has 3 heterocycles. The highest BCUT2D eigenvalue weighted by Crippen LogP contribution is 2.25. The molecule has 1 aliphatic rings. The fourth-order valence-electron chi connectivity index (χ4n) is 3.38. The molecule has 1 atom stereocenters. The van der Waals surface area contributed by atoms with Gasteiger partial charge in [0.25, 0.3) is 6.43 Å². The Kier molecular flexibility index (Phi) is 7.11. The highest BCUT2D eigenvalue weighted by Gasteiger charge is 2.25. The number of piperidine rings is 1. The zero-order valence-electron chi connectivity index (χ0n) is 17.3. The maximum atomic E-state index is 12.4. The lowest BCUT2D eigenvalue weighted by Crippen LogP contribution is -2.41. The van der Waals surface area contributed by atoms with Crippen LogP contribution in [-0.4, -0.2) is 77.7 Å².